The smallest absolute Gasteiger partial charge is 0.242 e. The summed E-state index contributed by atoms with van der Waals surface area (Å²) in [5, 5.41) is 0. The van der Waals surface area contributed by atoms with Crippen molar-refractivity contribution in [3.05, 3.63) is 48.0 Å². The number of benzene rings is 1. The third-order valence-corrected chi connectivity index (χ3v) is 3.33. The Hall–Kier alpha value is -1.61. The summed E-state index contributed by atoms with van der Waals surface area (Å²) in [5.74, 6) is 5.49. The summed E-state index contributed by atoms with van der Waals surface area (Å²) in [4.78, 5) is 12.2. The van der Waals surface area contributed by atoms with Crippen molar-refractivity contribution in [2.24, 2.45) is 17.7 Å². The first-order valence-corrected chi connectivity index (χ1v) is 6.83. The third kappa shape index (κ3) is 4.21. The Kier molecular flexibility index (Phi) is 6.30. The number of hydrogen-bond donors (Lipinski definition) is 2. The number of carbonyl (C=O) groups excluding carboxylic acids is 1. The normalized spacial score (nSPS) is 14.6. The van der Waals surface area contributed by atoms with Crippen molar-refractivity contribution in [1.82, 2.24) is 5.43 Å². The second-order valence-electron chi connectivity index (χ2n) is 5.05. The number of hydrogen-bond acceptors (Lipinski definition) is 2. The molecule has 3 heteroatoms. The molecule has 0 aliphatic carbocycles. The van der Waals surface area contributed by atoms with Gasteiger partial charge in [0.05, 0.1) is 5.92 Å². The van der Waals surface area contributed by atoms with Crippen LogP contribution in [0.5, 0.6) is 0 Å². The van der Waals surface area contributed by atoms with E-state index in [-0.39, 0.29) is 17.7 Å². The minimum absolute atomic E-state index is 0.134. The van der Waals surface area contributed by atoms with E-state index >= 15 is 0 Å². The van der Waals surface area contributed by atoms with Crippen LogP contribution < -0.4 is 11.3 Å². The summed E-state index contributed by atoms with van der Waals surface area (Å²) in [6.45, 7) is 6.35. The van der Waals surface area contributed by atoms with Gasteiger partial charge < -0.3 is 0 Å². The highest BCUT2D eigenvalue weighted by atomic mass is 16.2. The SMILES string of the molecule is CCC=CC(C(C)C)C(C(=O)NN)c1ccccc1. The molecule has 0 aliphatic rings. The van der Waals surface area contributed by atoms with E-state index in [9.17, 15) is 4.79 Å². The van der Waals surface area contributed by atoms with Crippen LogP contribution >= 0.6 is 0 Å². The molecule has 1 aromatic rings. The highest BCUT2D eigenvalue weighted by Crippen LogP contribution is 2.31. The fourth-order valence-corrected chi connectivity index (χ4v) is 2.31. The first kappa shape index (κ1) is 15.4. The van der Waals surface area contributed by atoms with E-state index in [1.165, 1.54) is 0 Å². The molecule has 2 unspecified atom stereocenters. The van der Waals surface area contributed by atoms with Gasteiger partial charge in [0.15, 0.2) is 0 Å². The van der Waals surface area contributed by atoms with Crippen LogP contribution in [0.3, 0.4) is 0 Å². The van der Waals surface area contributed by atoms with Crippen molar-refractivity contribution in [2.45, 2.75) is 33.1 Å². The largest absolute Gasteiger partial charge is 0.294 e. The highest BCUT2D eigenvalue weighted by molar-refractivity contribution is 5.83. The quantitative estimate of drug-likeness (QED) is 0.357. The lowest BCUT2D eigenvalue weighted by Gasteiger charge is -2.27. The Morgan fingerprint density at radius 2 is 1.95 bits per heavy atom. The lowest BCUT2D eigenvalue weighted by atomic mass is 9.78. The second kappa shape index (κ2) is 7.74. The van der Waals surface area contributed by atoms with Crippen molar-refractivity contribution in [3.8, 4) is 0 Å². The molecule has 1 amide bonds. The van der Waals surface area contributed by atoms with Gasteiger partial charge in [-0.2, -0.15) is 0 Å². The summed E-state index contributed by atoms with van der Waals surface area (Å²) in [6, 6.07) is 9.82. The van der Waals surface area contributed by atoms with Crippen LogP contribution in [-0.4, -0.2) is 5.91 Å². The van der Waals surface area contributed by atoms with Crippen LogP contribution in [0, 0.1) is 11.8 Å². The number of rotatable bonds is 6. The molecule has 0 bridgehead atoms. The molecule has 0 aliphatic heterocycles. The molecule has 0 aromatic heterocycles. The van der Waals surface area contributed by atoms with Crippen molar-refractivity contribution >= 4 is 5.91 Å². The number of hydrazine groups is 1. The molecule has 0 heterocycles. The summed E-state index contributed by atoms with van der Waals surface area (Å²) < 4.78 is 0. The first-order valence-electron chi connectivity index (χ1n) is 6.83. The Bertz CT molecular complexity index is 412. The van der Waals surface area contributed by atoms with Crippen molar-refractivity contribution in [1.29, 1.82) is 0 Å². The van der Waals surface area contributed by atoms with Crippen LogP contribution in [0.2, 0.25) is 0 Å². The lowest BCUT2D eigenvalue weighted by Crippen LogP contribution is -2.38. The average Bonchev–Trinajstić information content (AvgIpc) is 2.43. The Balaban J connectivity index is 3.14. The number of allylic oxidation sites excluding steroid dienone is 2. The van der Waals surface area contributed by atoms with Crippen LogP contribution in [0.4, 0.5) is 0 Å². The minimum Gasteiger partial charge on any atom is -0.294 e. The summed E-state index contributed by atoms with van der Waals surface area (Å²) in [6.07, 6.45) is 5.22. The van der Waals surface area contributed by atoms with Gasteiger partial charge >= 0.3 is 0 Å². The summed E-state index contributed by atoms with van der Waals surface area (Å²) >= 11 is 0. The minimum atomic E-state index is -0.242. The number of nitrogens with two attached hydrogens (primary N) is 1. The van der Waals surface area contributed by atoms with Crippen LogP contribution in [0.25, 0.3) is 0 Å². The molecular weight excluding hydrogens is 236 g/mol. The van der Waals surface area contributed by atoms with Gasteiger partial charge in [0, 0.05) is 0 Å². The molecule has 0 saturated heterocycles. The summed E-state index contributed by atoms with van der Waals surface area (Å²) in [5.41, 5.74) is 3.31. The van der Waals surface area contributed by atoms with Gasteiger partial charge in [-0.05, 0) is 23.8 Å². The monoisotopic (exact) mass is 260 g/mol. The molecule has 3 nitrogen and oxygen atoms in total. The van der Waals surface area contributed by atoms with E-state index < -0.39 is 0 Å². The van der Waals surface area contributed by atoms with Gasteiger partial charge in [0.2, 0.25) is 5.91 Å². The van der Waals surface area contributed by atoms with Crippen molar-refractivity contribution in [2.75, 3.05) is 0 Å². The van der Waals surface area contributed by atoms with E-state index in [2.05, 4.69) is 38.3 Å². The van der Waals surface area contributed by atoms with E-state index in [1.807, 2.05) is 30.3 Å². The van der Waals surface area contributed by atoms with Crippen LogP contribution in [0.1, 0.15) is 38.7 Å². The number of amides is 1. The first-order chi connectivity index (χ1) is 9.11. The molecule has 2 atom stereocenters. The second-order valence-corrected chi connectivity index (χ2v) is 5.05. The lowest BCUT2D eigenvalue weighted by molar-refractivity contribution is -0.123. The highest BCUT2D eigenvalue weighted by Gasteiger charge is 2.29. The van der Waals surface area contributed by atoms with E-state index in [0.29, 0.717) is 5.92 Å². The zero-order valence-corrected chi connectivity index (χ0v) is 12.0. The van der Waals surface area contributed by atoms with E-state index in [1.54, 1.807) is 0 Å². The van der Waals surface area contributed by atoms with Crippen molar-refractivity contribution < 1.29 is 4.79 Å². The average molecular weight is 260 g/mol. The maximum Gasteiger partial charge on any atom is 0.242 e. The van der Waals surface area contributed by atoms with E-state index in [0.717, 1.165) is 12.0 Å². The predicted molar refractivity (Wildman–Crippen MR) is 79.3 cm³/mol. The molecule has 1 aromatic carbocycles. The fourth-order valence-electron chi connectivity index (χ4n) is 2.31. The van der Waals surface area contributed by atoms with Crippen LogP contribution in [0.15, 0.2) is 42.5 Å². The summed E-state index contributed by atoms with van der Waals surface area (Å²) in [7, 11) is 0. The molecule has 104 valence electrons. The maximum absolute atomic E-state index is 12.2. The predicted octanol–water partition coefficient (Wildman–Crippen LogP) is 3.00. The number of carbonyl (C=O) groups is 1. The standard InChI is InChI=1S/C16H24N2O/c1-4-5-11-14(12(2)3)15(16(19)18-17)13-9-7-6-8-10-13/h5-12,14-15H,4,17H2,1-3H3,(H,18,19). The third-order valence-electron chi connectivity index (χ3n) is 3.33. The van der Waals surface area contributed by atoms with Gasteiger partial charge in [0.25, 0.3) is 0 Å². The molecule has 0 radical (unpaired) electrons. The zero-order chi connectivity index (χ0) is 14.3. The topological polar surface area (TPSA) is 55.1 Å². The molecule has 0 spiro atoms. The molecule has 1 rings (SSSR count). The maximum atomic E-state index is 12.2. The van der Waals surface area contributed by atoms with Gasteiger partial charge in [-0.3, -0.25) is 10.2 Å². The van der Waals surface area contributed by atoms with Crippen molar-refractivity contribution in [3.63, 3.8) is 0 Å². The Labute approximate surface area is 115 Å². The van der Waals surface area contributed by atoms with Gasteiger partial charge in [-0.15, -0.1) is 0 Å². The van der Waals surface area contributed by atoms with Crippen LogP contribution in [-0.2, 0) is 4.79 Å². The van der Waals surface area contributed by atoms with Gasteiger partial charge in [-0.1, -0.05) is 63.3 Å². The molecule has 0 fully saturated rings. The molecule has 19 heavy (non-hydrogen) atoms. The van der Waals surface area contributed by atoms with Gasteiger partial charge in [0.1, 0.15) is 0 Å². The Morgan fingerprint density at radius 3 is 2.42 bits per heavy atom. The van der Waals surface area contributed by atoms with E-state index in [4.69, 9.17) is 5.84 Å². The zero-order valence-electron chi connectivity index (χ0n) is 12.0. The molecule has 3 N–H and O–H groups in total. The molecule has 0 saturated carbocycles. The fraction of sp³-hybridized carbons (Fsp3) is 0.438. The van der Waals surface area contributed by atoms with Gasteiger partial charge in [-0.25, -0.2) is 5.84 Å². The molecular formula is C16H24N2O. The Morgan fingerprint density at radius 1 is 1.32 bits per heavy atom. The number of nitrogens with one attached hydrogen (secondary N) is 1.